The molecule has 0 aromatic rings. The Balaban J connectivity index is 1.81. The van der Waals surface area contributed by atoms with Crippen molar-refractivity contribution in [3.8, 4) is 0 Å². The van der Waals surface area contributed by atoms with E-state index in [-0.39, 0.29) is 6.04 Å². The summed E-state index contributed by atoms with van der Waals surface area (Å²) in [4.78, 5) is 14.1. The van der Waals surface area contributed by atoms with E-state index >= 15 is 0 Å². The van der Waals surface area contributed by atoms with E-state index in [4.69, 9.17) is 0 Å². The van der Waals surface area contributed by atoms with Crippen molar-refractivity contribution in [2.45, 2.75) is 57.5 Å². The van der Waals surface area contributed by atoms with Gasteiger partial charge in [-0.25, -0.2) is 0 Å². The monoisotopic (exact) mass is 210 g/mol. The predicted octanol–water partition coefficient (Wildman–Crippen LogP) is 1.53. The summed E-state index contributed by atoms with van der Waals surface area (Å²) in [5.41, 5.74) is 0. The fourth-order valence-electron chi connectivity index (χ4n) is 2.24. The zero-order chi connectivity index (χ0) is 10.7. The molecule has 0 bridgehead atoms. The SMILES string of the molecule is CC(NC1CC1)C(=O)N1CCCCCC1. The van der Waals surface area contributed by atoms with Gasteiger partial charge in [-0.05, 0) is 32.6 Å². The lowest BCUT2D eigenvalue weighted by Crippen LogP contribution is -2.45. The Labute approximate surface area is 92.2 Å². The summed E-state index contributed by atoms with van der Waals surface area (Å²) in [6.07, 6.45) is 7.43. The summed E-state index contributed by atoms with van der Waals surface area (Å²) in [7, 11) is 0. The van der Waals surface area contributed by atoms with Gasteiger partial charge in [0, 0.05) is 19.1 Å². The largest absolute Gasteiger partial charge is 0.341 e. The van der Waals surface area contributed by atoms with Crippen LogP contribution in [0.2, 0.25) is 0 Å². The number of nitrogens with one attached hydrogen (secondary N) is 1. The molecule has 1 saturated heterocycles. The molecule has 1 unspecified atom stereocenters. The Hall–Kier alpha value is -0.570. The van der Waals surface area contributed by atoms with Crippen molar-refractivity contribution in [1.82, 2.24) is 10.2 Å². The van der Waals surface area contributed by atoms with Crippen LogP contribution in [0.4, 0.5) is 0 Å². The molecule has 1 heterocycles. The van der Waals surface area contributed by atoms with Crippen LogP contribution >= 0.6 is 0 Å². The van der Waals surface area contributed by atoms with Crippen LogP contribution in [0.1, 0.15) is 45.4 Å². The number of rotatable bonds is 3. The van der Waals surface area contributed by atoms with Crippen LogP contribution in [0.5, 0.6) is 0 Å². The number of nitrogens with zero attached hydrogens (tertiary/aromatic N) is 1. The van der Waals surface area contributed by atoms with Gasteiger partial charge in [-0.1, -0.05) is 12.8 Å². The van der Waals surface area contributed by atoms with Crippen molar-refractivity contribution in [3.63, 3.8) is 0 Å². The highest BCUT2D eigenvalue weighted by atomic mass is 16.2. The Kier molecular flexibility index (Phi) is 3.62. The van der Waals surface area contributed by atoms with Crippen molar-refractivity contribution < 1.29 is 4.79 Å². The molecule has 1 N–H and O–H groups in total. The van der Waals surface area contributed by atoms with E-state index in [2.05, 4.69) is 5.32 Å². The first-order chi connectivity index (χ1) is 7.27. The summed E-state index contributed by atoms with van der Waals surface area (Å²) in [6, 6.07) is 0.645. The van der Waals surface area contributed by atoms with Crippen LogP contribution in [0.15, 0.2) is 0 Å². The Morgan fingerprint density at radius 1 is 1.20 bits per heavy atom. The maximum Gasteiger partial charge on any atom is 0.239 e. The maximum absolute atomic E-state index is 12.1. The van der Waals surface area contributed by atoms with Gasteiger partial charge in [-0.2, -0.15) is 0 Å². The predicted molar refractivity (Wildman–Crippen MR) is 60.7 cm³/mol. The summed E-state index contributed by atoms with van der Waals surface area (Å²) in [6.45, 7) is 3.94. The Morgan fingerprint density at radius 3 is 2.33 bits per heavy atom. The van der Waals surface area contributed by atoms with E-state index in [9.17, 15) is 4.79 Å². The molecule has 15 heavy (non-hydrogen) atoms. The van der Waals surface area contributed by atoms with Crippen LogP contribution in [0.3, 0.4) is 0 Å². The highest BCUT2D eigenvalue weighted by molar-refractivity contribution is 5.81. The van der Waals surface area contributed by atoms with E-state index < -0.39 is 0 Å². The quantitative estimate of drug-likeness (QED) is 0.766. The van der Waals surface area contributed by atoms with E-state index in [1.807, 2.05) is 11.8 Å². The second-order valence-corrected chi connectivity index (χ2v) is 4.90. The van der Waals surface area contributed by atoms with Crippen molar-refractivity contribution in [2.75, 3.05) is 13.1 Å². The van der Waals surface area contributed by atoms with Crippen LogP contribution in [-0.2, 0) is 4.79 Å². The minimum atomic E-state index is 0.0237. The third-order valence-corrected chi connectivity index (χ3v) is 3.35. The van der Waals surface area contributed by atoms with Crippen molar-refractivity contribution in [3.05, 3.63) is 0 Å². The molecule has 3 heteroatoms. The first kappa shape index (κ1) is 10.9. The summed E-state index contributed by atoms with van der Waals surface area (Å²) < 4.78 is 0. The first-order valence-electron chi connectivity index (χ1n) is 6.32. The molecule has 2 rings (SSSR count). The lowest BCUT2D eigenvalue weighted by Gasteiger charge is -2.24. The van der Waals surface area contributed by atoms with Gasteiger partial charge in [0.1, 0.15) is 0 Å². The van der Waals surface area contributed by atoms with Crippen LogP contribution in [-0.4, -0.2) is 36.0 Å². The first-order valence-corrected chi connectivity index (χ1v) is 6.32. The third-order valence-electron chi connectivity index (χ3n) is 3.35. The lowest BCUT2D eigenvalue weighted by atomic mass is 10.2. The van der Waals surface area contributed by atoms with Crippen LogP contribution in [0.25, 0.3) is 0 Å². The number of hydrogen-bond acceptors (Lipinski definition) is 2. The number of likely N-dealkylation sites (tertiary alicyclic amines) is 1. The number of carbonyl (C=O) groups excluding carboxylic acids is 1. The Morgan fingerprint density at radius 2 is 1.80 bits per heavy atom. The average Bonchev–Trinajstić information content (AvgIpc) is 3.01. The smallest absolute Gasteiger partial charge is 0.239 e. The molecule has 1 atom stereocenters. The van der Waals surface area contributed by atoms with E-state index in [1.54, 1.807) is 0 Å². The van der Waals surface area contributed by atoms with Gasteiger partial charge in [0.15, 0.2) is 0 Å². The fraction of sp³-hybridized carbons (Fsp3) is 0.917. The zero-order valence-electron chi connectivity index (χ0n) is 9.67. The highest BCUT2D eigenvalue weighted by Crippen LogP contribution is 2.20. The summed E-state index contributed by atoms with van der Waals surface area (Å²) >= 11 is 0. The summed E-state index contributed by atoms with van der Waals surface area (Å²) in [5.74, 6) is 0.309. The minimum absolute atomic E-state index is 0.0237. The topological polar surface area (TPSA) is 32.3 Å². The molecule has 2 fully saturated rings. The molecule has 1 aliphatic heterocycles. The van der Waals surface area contributed by atoms with Crippen molar-refractivity contribution in [1.29, 1.82) is 0 Å². The summed E-state index contributed by atoms with van der Waals surface area (Å²) in [5, 5.41) is 3.38. The number of carbonyl (C=O) groups is 1. The normalized spacial score (nSPS) is 24.7. The van der Waals surface area contributed by atoms with Crippen molar-refractivity contribution in [2.24, 2.45) is 0 Å². The van der Waals surface area contributed by atoms with E-state index in [1.165, 1.54) is 38.5 Å². The maximum atomic E-state index is 12.1. The molecule has 1 aliphatic carbocycles. The van der Waals surface area contributed by atoms with Gasteiger partial charge in [-0.15, -0.1) is 0 Å². The molecule has 3 nitrogen and oxygen atoms in total. The molecular weight excluding hydrogens is 188 g/mol. The molecular formula is C12H22N2O. The van der Waals surface area contributed by atoms with Gasteiger partial charge >= 0.3 is 0 Å². The second kappa shape index (κ2) is 4.97. The highest BCUT2D eigenvalue weighted by Gasteiger charge is 2.28. The van der Waals surface area contributed by atoms with Crippen LogP contribution in [0, 0.1) is 0 Å². The molecule has 2 aliphatic rings. The van der Waals surface area contributed by atoms with E-state index in [0.29, 0.717) is 11.9 Å². The molecule has 0 aromatic heterocycles. The molecule has 1 amide bonds. The zero-order valence-corrected chi connectivity index (χ0v) is 9.67. The average molecular weight is 210 g/mol. The van der Waals surface area contributed by atoms with Gasteiger partial charge in [-0.3, -0.25) is 4.79 Å². The molecule has 86 valence electrons. The van der Waals surface area contributed by atoms with Crippen LogP contribution < -0.4 is 5.32 Å². The fourth-order valence-corrected chi connectivity index (χ4v) is 2.24. The molecule has 0 radical (unpaired) electrons. The van der Waals surface area contributed by atoms with Gasteiger partial charge < -0.3 is 10.2 Å². The van der Waals surface area contributed by atoms with E-state index in [0.717, 1.165) is 13.1 Å². The molecule has 0 aromatic carbocycles. The standard InChI is InChI=1S/C12H22N2O/c1-10(13-11-6-7-11)12(15)14-8-4-2-3-5-9-14/h10-11,13H,2-9H2,1H3. The van der Waals surface area contributed by atoms with Gasteiger partial charge in [0.2, 0.25) is 5.91 Å². The number of hydrogen-bond donors (Lipinski definition) is 1. The lowest BCUT2D eigenvalue weighted by molar-refractivity contribution is -0.133. The van der Waals surface area contributed by atoms with Crippen molar-refractivity contribution >= 4 is 5.91 Å². The van der Waals surface area contributed by atoms with Gasteiger partial charge in [0.25, 0.3) is 0 Å². The second-order valence-electron chi connectivity index (χ2n) is 4.90. The minimum Gasteiger partial charge on any atom is -0.341 e. The van der Waals surface area contributed by atoms with Gasteiger partial charge in [0.05, 0.1) is 6.04 Å². The molecule has 0 spiro atoms. The number of amides is 1. The molecule has 1 saturated carbocycles. The third kappa shape index (κ3) is 3.20. The Bertz CT molecular complexity index is 218.